The summed E-state index contributed by atoms with van der Waals surface area (Å²) in [4.78, 5) is 28.7. The van der Waals surface area contributed by atoms with E-state index < -0.39 is 35.8 Å². The van der Waals surface area contributed by atoms with Gasteiger partial charge in [0, 0.05) is 24.7 Å². The van der Waals surface area contributed by atoms with Crippen molar-refractivity contribution in [2.75, 3.05) is 13.1 Å². The molecule has 1 aliphatic rings. The third-order valence-electron chi connectivity index (χ3n) is 4.53. The lowest BCUT2D eigenvalue weighted by atomic mass is 10.1. The molecule has 0 spiro atoms. The number of carboxylic acids is 1. The molecular formula is C17H18F3N3O3. The van der Waals surface area contributed by atoms with Gasteiger partial charge in [0.05, 0.1) is 17.0 Å². The number of carbonyl (C=O) groups excluding carboxylic acids is 1. The minimum absolute atomic E-state index is 0.0888. The van der Waals surface area contributed by atoms with E-state index in [4.69, 9.17) is 5.11 Å². The van der Waals surface area contributed by atoms with Crippen LogP contribution in [-0.2, 0) is 11.0 Å². The zero-order valence-electron chi connectivity index (χ0n) is 14.2. The molecule has 0 saturated carbocycles. The second-order valence-electron chi connectivity index (χ2n) is 6.68. The largest absolute Gasteiger partial charge is 0.481 e. The molecule has 9 heteroatoms. The van der Waals surface area contributed by atoms with E-state index in [1.54, 1.807) is 13.8 Å². The number of nitrogens with zero attached hydrogens (tertiary/aromatic N) is 3. The molecular weight excluding hydrogens is 351 g/mol. The summed E-state index contributed by atoms with van der Waals surface area (Å²) in [7, 11) is 0. The fourth-order valence-electron chi connectivity index (χ4n) is 3.28. The number of amides is 1. The molecule has 140 valence electrons. The van der Waals surface area contributed by atoms with Crippen molar-refractivity contribution in [3.8, 4) is 0 Å². The van der Waals surface area contributed by atoms with E-state index in [2.05, 4.69) is 4.98 Å². The molecule has 6 nitrogen and oxygen atoms in total. The first kappa shape index (κ1) is 18.2. The molecule has 0 unspecified atom stereocenters. The van der Waals surface area contributed by atoms with E-state index >= 15 is 0 Å². The molecule has 1 aliphatic heterocycles. The number of hydrogen-bond acceptors (Lipinski definition) is 3. The minimum Gasteiger partial charge on any atom is -0.481 e. The second-order valence-corrected chi connectivity index (χ2v) is 6.68. The maximum atomic E-state index is 13.3. The van der Waals surface area contributed by atoms with Gasteiger partial charge in [0.25, 0.3) is 5.91 Å². The van der Waals surface area contributed by atoms with Crippen molar-refractivity contribution in [1.82, 2.24) is 14.5 Å². The summed E-state index contributed by atoms with van der Waals surface area (Å²) in [5, 5.41) is 9.03. The number of carboxylic acid groups (broad SMARTS) is 1. The summed E-state index contributed by atoms with van der Waals surface area (Å²) in [5.74, 6) is -2.97. The van der Waals surface area contributed by atoms with Crippen LogP contribution >= 0.6 is 0 Å². The number of aliphatic carboxylic acids is 1. The maximum absolute atomic E-state index is 13.3. The highest BCUT2D eigenvalue weighted by Gasteiger charge is 2.38. The first-order valence-electron chi connectivity index (χ1n) is 8.21. The maximum Gasteiger partial charge on any atom is 0.449 e. The van der Waals surface area contributed by atoms with Gasteiger partial charge in [-0.25, -0.2) is 4.98 Å². The number of likely N-dealkylation sites (tertiary alicyclic amines) is 1. The molecule has 1 N–H and O–H groups in total. The highest BCUT2D eigenvalue weighted by Crippen LogP contribution is 2.34. The highest BCUT2D eigenvalue weighted by atomic mass is 19.4. The average molecular weight is 369 g/mol. The smallest absolute Gasteiger partial charge is 0.449 e. The number of carbonyl (C=O) groups is 2. The third-order valence-corrected chi connectivity index (χ3v) is 4.53. The molecule has 2 heterocycles. The number of benzene rings is 1. The molecule has 1 atom stereocenters. The Morgan fingerprint density at radius 3 is 2.54 bits per heavy atom. The van der Waals surface area contributed by atoms with Gasteiger partial charge in [-0.05, 0) is 38.5 Å². The quantitative estimate of drug-likeness (QED) is 0.902. The van der Waals surface area contributed by atoms with Crippen LogP contribution in [0.5, 0.6) is 0 Å². The lowest BCUT2D eigenvalue weighted by molar-refractivity contribution is -0.147. The zero-order valence-corrected chi connectivity index (χ0v) is 14.2. The summed E-state index contributed by atoms with van der Waals surface area (Å²) in [6.07, 6.45) is -4.24. The van der Waals surface area contributed by atoms with Crippen molar-refractivity contribution < 1.29 is 27.9 Å². The van der Waals surface area contributed by atoms with E-state index in [0.29, 0.717) is 18.5 Å². The van der Waals surface area contributed by atoms with Gasteiger partial charge in [-0.2, -0.15) is 13.2 Å². The lowest BCUT2D eigenvalue weighted by Crippen LogP contribution is -2.29. The van der Waals surface area contributed by atoms with Crippen LogP contribution in [-0.4, -0.2) is 44.5 Å². The monoisotopic (exact) mass is 369 g/mol. The summed E-state index contributed by atoms with van der Waals surface area (Å²) < 4.78 is 40.9. The molecule has 26 heavy (non-hydrogen) atoms. The Hall–Kier alpha value is -2.58. The topological polar surface area (TPSA) is 75.4 Å². The summed E-state index contributed by atoms with van der Waals surface area (Å²) in [5.41, 5.74) is 0.588. The van der Waals surface area contributed by atoms with Crippen LogP contribution in [0.15, 0.2) is 18.2 Å². The standard InChI is InChI=1S/C17H18F3N3O3/c1-9(2)23-13-4-3-10(7-12(13)21-16(23)17(18,19)20)14(24)22-6-5-11(8-22)15(25)26/h3-4,7,9,11H,5-6,8H2,1-2H3,(H,25,26)/t11-/m0/s1. The molecule has 0 radical (unpaired) electrons. The van der Waals surface area contributed by atoms with E-state index in [1.165, 1.54) is 23.1 Å². The van der Waals surface area contributed by atoms with E-state index in [0.717, 1.165) is 4.57 Å². The predicted molar refractivity (Wildman–Crippen MR) is 86.8 cm³/mol. The van der Waals surface area contributed by atoms with E-state index in [1.807, 2.05) is 0 Å². The van der Waals surface area contributed by atoms with Crippen LogP contribution < -0.4 is 0 Å². The third kappa shape index (κ3) is 3.13. The Bertz CT molecular complexity index is 873. The second kappa shape index (κ2) is 6.30. The van der Waals surface area contributed by atoms with E-state index in [9.17, 15) is 22.8 Å². The van der Waals surface area contributed by atoms with Crippen LogP contribution in [0.2, 0.25) is 0 Å². The molecule has 0 bridgehead atoms. The van der Waals surface area contributed by atoms with Crippen LogP contribution in [0.3, 0.4) is 0 Å². The fourth-order valence-corrected chi connectivity index (χ4v) is 3.28. The van der Waals surface area contributed by atoms with Gasteiger partial charge in [-0.3, -0.25) is 9.59 Å². The predicted octanol–water partition coefficient (Wildman–Crippen LogP) is 3.18. The number of alkyl halides is 3. The summed E-state index contributed by atoms with van der Waals surface area (Å²) in [6.45, 7) is 3.67. The Kier molecular flexibility index (Phi) is 4.41. The van der Waals surface area contributed by atoms with Gasteiger partial charge in [-0.15, -0.1) is 0 Å². The lowest BCUT2D eigenvalue weighted by Gasteiger charge is -2.16. The van der Waals surface area contributed by atoms with Gasteiger partial charge in [-0.1, -0.05) is 0 Å². The SMILES string of the molecule is CC(C)n1c(C(F)(F)F)nc2cc(C(=O)N3CC[C@H](C(=O)O)C3)ccc21. The Morgan fingerprint density at radius 1 is 1.31 bits per heavy atom. The van der Waals surface area contributed by atoms with Gasteiger partial charge >= 0.3 is 12.1 Å². The average Bonchev–Trinajstić information content (AvgIpc) is 3.17. The van der Waals surface area contributed by atoms with Crippen LogP contribution in [0.4, 0.5) is 13.2 Å². The van der Waals surface area contributed by atoms with Crippen molar-refractivity contribution in [1.29, 1.82) is 0 Å². The first-order chi connectivity index (χ1) is 12.1. The van der Waals surface area contributed by atoms with Crippen LogP contribution in [0.25, 0.3) is 11.0 Å². The Morgan fingerprint density at radius 2 is 2.00 bits per heavy atom. The van der Waals surface area contributed by atoms with E-state index in [-0.39, 0.29) is 17.6 Å². The summed E-state index contributed by atoms with van der Waals surface area (Å²) in [6, 6.07) is 3.79. The van der Waals surface area contributed by atoms with Crippen molar-refractivity contribution >= 4 is 22.9 Å². The number of halogens is 3. The molecule has 1 fully saturated rings. The highest BCUT2D eigenvalue weighted by molar-refractivity contribution is 5.98. The first-order valence-corrected chi connectivity index (χ1v) is 8.21. The number of rotatable bonds is 3. The van der Waals surface area contributed by atoms with Crippen molar-refractivity contribution in [3.05, 3.63) is 29.6 Å². The molecule has 1 saturated heterocycles. The number of fused-ring (bicyclic) bond motifs is 1. The Balaban J connectivity index is 1.97. The summed E-state index contributed by atoms with van der Waals surface area (Å²) >= 11 is 0. The molecule has 0 aliphatic carbocycles. The molecule has 1 aromatic heterocycles. The molecule has 2 aromatic rings. The normalized spacial score (nSPS) is 18.1. The molecule has 1 aromatic carbocycles. The zero-order chi connectivity index (χ0) is 19.2. The van der Waals surface area contributed by atoms with Crippen molar-refractivity contribution in [2.45, 2.75) is 32.5 Å². The van der Waals surface area contributed by atoms with Gasteiger partial charge in [0.15, 0.2) is 0 Å². The van der Waals surface area contributed by atoms with Gasteiger partial charge < -0.3 is 14.6 Å². The fraction of sp³-hybridized carbons (Fsp3) is 0.471. The van der Waals surface area contributed by atoms with Crippen molar-refractivity contribution in [3.63, 3.8) is 0 Å². The molecule has 1 amide bonds. The molecule has 3 rings (SSSR count). The van der Waals surface area contributed by atoms with Gasteiger partial charge in [0.2, 0.25) is 5.82 Å². The number of aromatic nitrogens is 2. The number of imidazole rings is 1. The van der Waals surface area contributed by atoms with Crippen molar-refractivity contribution in [2.24, 2.45) is 5.92 Å². The van der Waals surface area contributed by atoms with Crippen LogP contribution in [0.1, 0.15) is 42.5 Å². The van der Waals surface area contributed by atoms with Crippen LogP contribution in [0, 0.1) is 5.92 Å². The van der Waals surface area contributed by atoms with Gasteiger partial charge in [0.1, 0.15) is 0 Å². The minimum atomic E-state index is -4.60. The Labute approximate surface area is 147 Å². The number of hydrogen-bond donors (Lipinski definition) is 1.